The van der Waals surface area contributed by atoms with E-state index in [1.54, 1.807) is 58.9 Å². The molecule has 1 saturated heterocycles. The van der Waals surface area contributed by atoms with Crippen LogP contribution in [0.5, 0.6) is 5.88 Å². The molecule has 5 rings (SSSR count). The summed E-state index contributed by atoms with van der Waals surface area (Å²) in [6.07, 6.45) is -8.01. The van der Waals surface area contributed by atoms with Gasteiger partial charge in [-0.15, -0.1) is 4.37 Å². The molecule has 4 amide bonds. The molecule has 84 heavy (non-hydrogen) atoms. The van der Waals surface area contributed by atoms with Gasteiger partial charge < -0.3 is 73.5 Å². The summed E-state index contributed by atoms with van der Waals surface area (Å²) in [7, 11) is 0. The highest BCUT2D eigenvalue weighted by Gasteiger charge is 2.37. The summed E-state index contributed by atoms with van der Waals surface area (Å²) in [6.45, 7) is 24.3. The number of carbonyl (C=O) groups is 10. The van der Waals surface area contributed by atoms with Crippen LogP contribution in [-0.4, -0.2) is 191 Å². The lowest BCUT2D eigenvalue weighted by Crippen LogP contribution is -2.54. The minimum absolute atomic E-state index is 0.143. The van der Waals surface area contributed by atoms with Crippen molar-refractivity contribution in [1.82, 2.24) is 28.8 Å². The maximum Gasteiger partial charge on any atom is 0.347 e. The zero-order valence-corrected chi connectivity index (χ0v) is 50.6. The lowest BCUT2D eigenvalue weighted by molar-refractivity contribution is -0.186. The van der Waals surface area contributed by atoms with Crippen molar-refractivity contribution in [1.29, 1.82) is 0 Å². The first-order valence-corrected chi connectivity index (χ1v) is 28.3. The molecule has 4 N–H and O–H groups in total. The molecule has 2 aromatic heterocycles. The lowest BCUT2D eigenvalue weighted by Gasteiger charge is -2.39. The number of hydrogen-bond donors (Lipinski definition) is 4. The van der Waals surface area contributed by atoms with E-state index < -0.39 is 96.2 Å². The number of ether oxygens (including phenoxy) is 8. The molecule has 5 unspecified atom stereocenters. The quantitative estimate of drug-likeness (QED) is 0.0455. The van der Waals surface area contributed by atoms with E-state index in [4.69, 9.17) is 37.9 Å². The first-order valence-electron chi connectivity index (χ1n) is 27.6. The van der Waals surface area contributed by atoms with E-state index in [9.17, 15) is 47.9 Å². The number of amides is 4. The highest BCUT2D eigenvalue weighted by molar-refractivity contribution is 6.99. The lowest BCUT2D eigenvalue weighted by atomic mass is 10.0. The molecule has 0 radical (unpaired) electrons. The van der Waals surface area contributed by atoms with Gasteiger partial charge in [0.1, 0.15) is 6.61 Å². The average molecular weight is 1200 g/mol. The fraction of sp³-hybridized carbons (Fsp3) is 0.571. The zero-order chi connectivity index (χ0) is 62.2. The van der Waals surface area contributed by atoms with Gasteiger partial charge in [0.2, 0.25) is 11.7 Å². The normalized spacial score (nSPS) is 15.7. The van der Waals surface area contributed by atoms with Crippen LogP contribution in [0.1, 0.15) is 122 Å². The van der Waals surface area contributed by atoms with Crippen LogP contribution in [0, 0.1) is 13.8 Å². The van der Waals surface area contributed by atoms with Gasteiger partial charge in [0, 0.05) is 73.4 Å². The largest absolute Gasteiger partial charge is 0.470 e. The Kier molecular flexibility index (Phi) is 24.3. The van der Waals surface area contributed by atoms with Crippen molar-refractivity contribution >= 4 is 100 Å². The van der Waals surface area contributed by atoms with Crippen LogP contribution in [0.3, 0.4) is 0 Å². The van der Waals surface area contributed by atoms with Gasteiger partial charge in [-0.1, -0.05) is 13.8 Å². The van der Waals surface area contributed by atoms with Crippen LogP contribution in [0.15, 0.2) is 18.2 Å². The minimum Gasteiger partial charge on any atom is -0.470 e. The van der Waals surface area contributed by atoms with Crippen molar-refractivity contribution in [2.45, 2.75) is 145 Å². The molecule has 6 atom stereocenters. The number of rotatable bonds is 28. The molecule has 4 heterocycles. The summed E-state index contributed by atoms with van der Waals surface area (Å²) < 4.78 is 51.7. The second-order valence-corrected chi connectivity index (χ2v) is 21.4. The van der Waals surface area contributed by atoms with E-state index in [1.165, 1.54) is 25.7 Å². The van der Waals surface area contributed by atoms with Gasteiger partial charge in [-0.2, -0.15) is 4.37 Å². The molecule has 0 aliphatic carbocycles. The van der Waals surface area contributed by atoms with Gasteiger partial charge in [-0.05, 0) is 112 Å². The third kappa shape index (κ3) is 18.8. The number of morpholine rings is 1. The molecule has 27 nitrogen and oxygen atoms in total. The number of aryl methyl sites for hydroxylation is 1. The number of fused-ring (bicyclic) bond motifs is 1. The molecule has 1 aromatic carbocycles. The predicted octanol–water partition coefficient (Wildman–Crippen LogP) is 3.90. The van der Waals surface area contributed by atoms with Crippen molar-refractivity contribution < 1.29 is 85.8 Å². The Morgan fingerprint density at radius 2 is 1.40 bits per heavy atom. The predicted molar refractivity (Wildman–Crippen MR) is 304 cm³/mol. The Hall–Kier alpha value is -7.98. The molecule has 0 saturated carbocycles. The van der Waals surface area contributed by atoms with Crippen molar-refractivity contribution in [3.05, 3.63) is 46.3 Å². The van der Waals surface area contributed by atoms with E-state index >= 15 is 0 Å². The van der Waals surface area contributed by atoms with E-state index in [1.807, 2.05) is 4.90 Å². The van der Waals surface area contributed by atoms with Crippen LogP contribution in [0.4, 0.5) is 17.2 Å². The standard InChI is InChI=1S/C56H77N9O18S/c1-14-63(15-2)21-20-57-49(70)46-30(3)43(58-31(46)4)27-41-40-26-38(16-17-42(40)60-48(41)69)59-44(67)18-19-45(68)79-33(6)52(72)80-34(7)53(73)81-35(8)54(74)82-36(9)55(75)83-39(28-65(56(11,12)13)51(71)32(5)78-37(10)66)29-77-50-47(61-84-62-50)64-22-24-76-25-23-64/h16-17,26-27,32-36,39,58H,14-15,18-25,28-29H2,1-13H3,(H,57,70)(H,59,67)(H,60,69)/b41-27-/t32?,33?,34?,35?,36?,39-/m0/s1. The van der Waals surface area contributed by atoms with Gasteiger partial charge >= 0.3 is 35.8 Å². The fourth-order valence-electron chi connectivity index (χ4n) is 8.67. The van der Waals surface area contributed by atoms with Crippen molar-refractivity contribution in [3.8, 4) is 5.88 Å². The number of aromatic nitrogens is 3. The van der Waals surface area contributed by atoms with E-state index in [0.717, 1.165) is 45.6 Å². The maximum absolute atomic E-state index is 13.6. The Bertz CT molecular complexity index is 2920. The molecule has 0 bridgehead atoms. The SMILES string of the molecule is CCN(CC)CCNC(=O)c1c(C)[nH]c(/C=C2\C(=O)Nc3ccc(NC(=O)CCC(=O)OC(C)C(=O)OC(C)C(=O)OC(C)C(=O)OC(C)C(=O)O[C@H](COc4nsnc4N4CCOCC4)CN(C(=O)C(C)OC(C)=O)C(C)(C)C)cc32)c1C. The number of nitrogens with one attached hydrogen (secondary N) is 4. The number of hydrogen-bond acceptors (Lipinski definition) is 23. The Labute approximate surface area is 491 Å². The summed E-state index contributed by atoms with van der Waals surface area (Å²) in [6, 6.07) is 4.78. The number of benzene rings is 1. The first kappa shape index (κ1) is 66.8. The van der Waals surface area contributed by atoms with Gasteiger partial charge in [0.05, 0.1) is 49.0 Å². The third-order valence-electron chi connectivity index (χ3n) is 13.4. The van der Waals surface area contributed by atoms with Crippen LogP contribution in [0.2, 0.25) is 0 Å². The van der Waals surface area contributed by atoms with Crippen molar-refractivity contribution in [2.24, 2.45) is 0 Å². The summed E-state index contributed by atoms with van der Waals surface area (Å²) >= 11 is 0.901. The number of likely N-dealkylation sites (N-methyl/N-ethyl adjacent to an activating group) is 1. The van der Waals surface area contributed by atoms with Crippen LogP contribution in [-0.2, 0) is 76.3 Å². The van der Waals surface area contributed by atoms with E-state index in [2.05, 4.69) is 48.4 Å². The summed E-state index contributed by atoms with van der Waals surface area (Å²) in [5.41, 5.74) is 3.04. The zero-order valence-electron chi connectivity index (χ0n) is 49.8. The summed E-state index contributed by atoms with van der Waals surface area (Å²) in [5.74, 6) is -7.45. The summed E-state index contributed by atoms with van der Waals surface area (Å²) in [4.78, 5) is 139. The molecule has 3 aromatic rings. The molecular formula is C56H77N9O18S. The Morgan fingerprint density at radius 3 is 1.99 bits per heavy atom. The Balaban J connectivity index is 1.09. The molecule has 0 spiro atoms. The highest BCUT2D eigenvalue weighted by atomic mass is 32.1. The number of anilines is 3. The molecule has 1 fully saturated rings. The second kappa shape index (κ2) is 30.5. The molecule has 460 valence electrons. The van der Waals surface area contributed by atoms with Crippen LogP contribution < -0.4 is 25.6 Å². The van der Waals surface area contributed by atoms with Crippen molar-refractivity contribution in [3.63, 3.8) is 0 Å². The van der Waals surface area contributed by atoms with Crippen LogP contribution >= 0.6 is 11.7 Å². The highest BCUT2D eigenvalue weighted by Crippen LogP contribution is 2.36. The Morgan fingerprint density at radius 1 is 0.810 bits per heavy atom. The minimum atomic E-state index is -1.64. The maximum atomic E-state index is 13.6. The first-order chi connectivity index (χ1) is 39.6. The van der Waals surface area contributed by atoms with Gasteiger partial charge in [0.25, 0.3) is 23.6 Å². The number of H-pyrrole nitrogens is 1. The topological polar surface area (TPSA) is 332 Å². The molecule has 2 aliphatic heterocycles. The number of nitrogens with zero attached hydrogens (tertiary/aromatic N) is 5. The average Bonchev–Trinajstić information content (AvgIpc) is 2.65. The second-order valence-electron chi connectivity index (χ2n) is 20.9. The van der Waals surface area contributed by atoms with E-state index in [-0.39, 0.29) is 42.8 Å². The number of carbonyl (C=O) groups excluding carboxylic acids is 10. The number of aromatic amines is 1. The molecular weight excluding hydrogens is 1120 g/mol. The molecule has 28 heteroatoms. The monoisotopic (exact) mass is 1200 g/mol. The fourth-order valence-corrected chi connectivity index (χ4v) is 9.19. The van der Waals surface area contributed by atoms with Gasteiger partial charge in [0.15, 0.2) is 36.6 Å². The third-order valence-corrected chi connectivity index (χ3v) is 13.9. The summed E-state index contributed by atoms with van der Waals surface area (Å²) in [5, 5.41) is 8.46. The number of esters is 6. The van der Waals surface area contributed by atoms with Gasteiger partial charge in [-0.25, -0.2) is 19.2 Å². The van der Waals surface area contributed by atoms with Gasteiger partial charge in [-0.3, -0.25) is 28.8 Å². The van der Waals surface area contributed by atoms with Crippen LogP contribution in [0.25, 0.3) is 11.6 Å². The van der Waals surface area contributed by atoms with Crippen molar-refractivity contribution in [2.75, 3.05) is 81.2 Å². The van der Waals surface area contributed by atoms with E-state index in [0.29, 0.717) is 84.7 Å². The smallest absolute Gasteiger partial charge is 0.347 e. The molecule has 2 aliphatic rings.